The van der Waals surface area contributed by atoms with Crippen LogP contribution in [0.15, 0.2) is 47.3 Å². The molecule has 2 unspecified atom stereocenters. The van der Waals surface area contributed by atoms with Crippen molar-refractivity contribution in [3.63, 3.8) is 0 Å². The molecule has 132 valence electrons. The summed E-state index contributed by atoms with van der Waals surface area (Å²) in [6, 6.07) is 6.92. The molecule has 2 atom stereocenters. The molecule has 0 N–H and O–H groups in total. The van der Waals surface area contributed by atoms with Crippen molar-refractivity contribution < 1.29 is 14.8 Å². The van der Waals surface area contributed by atoms with E-state index in [1.807, 2.05) is 0 Å². The number of nitro benzene ring substituents is 1. The van der Waals surface area contributed by atoms with Gasteiger partial charge >= 0.3 is 0 Å². The summed E-state index contributed by atoms with van der Waals surface area (Å²) < 4.78 is 0. The first-order valence-electron chi connectivity index (χ1n) is 7.35. The molecule has 0 bridgehead atoms. The fraction of sp³-hybridized carbons (Fsp3) is 0.125. The molecule has 0 amide bonds. The fourth-order valence-corrected chi connectivity index (χ4v) is 3.42. The maximum atomic E-state index is 11.5. The average Bonchev–Trinajstić information content (AvgIpc) is 2.95. The Morgan fingerprint density at radius 2 is 1.67 bits per heavy atom. The second-order valence-electron chi connectivity index (χ2n) is 5.72. The first-order chi connectivity index (χ1) is 12.8. The van der Waals surface area contributed by atoms with E-state index in [1.54, 1.807) is 12.1 Å². The van der Waals surface area contributed by atoms with Crippen LogP contribution in [-0.4, -0.2) is 14.8 Å². The van der Waals surface area contributed by atoms with Gasteiger partial charge in [0.15, 0.2) is 0 Å². The van der Waals surface area contributed by atoms with Gasteiger partial charge in [-0.05, 0) is 16.7 Å². The van der Waals surface area contributed by atoms with Crippen LogP contribution in [0.25, 0.3) is 5.57 Å². The van der Waals surface area contributed by atoms with Gasteiger partial charge in [-0.25, -0.2) is 0 Å². The summed E-state index contributed by atoms with van der Waals surface area (Å²) in [7, 11) is 0. The lowest BCUT2D eigenvalue weighted by Gasteiger charge is -2.18. The van der Waals surface area contributed by atoms with Gasteiger partial charge in [0.25, 0.3) is 17.1 Å². The summed E-state index contributed by atoms with van der Waals surface area (Å²) in [6.45, 7) is 0. The molecule has 1 aromatic rings. The van der Waals surface area contributed by atoms with Crippen molar-refractivity contribution >= 4 is 11.3 Å². The summed E-state index contributed by atoms with van der Waals surface area (Å²) in [4.78, 5) is 31.5. The third-order valence-corrected chi connectivity index (χ3v) is 4.44. The summed E-state index contributed by atoms with van der Waals surface area (Å²) in [5.74, 6) is -2.02. The largest absolute Gasteiger partial charge is 0.272 e. The summed E-state index contributed by atoms with van der Waals surface area (Å²) in [5.41, 5.74) is -1.32. The molecule has 11 heteroatoms. The Kier molecular flexibility index (Phi) is 3.98. The highest BCUT2D eigenvalue weighted by Gasteiger charge is 2.48. The number of non-ortho nitro benzene ring substituents is 1. The number of nitriles is 2. The maximum Gasteiger partial charge on any atom is 0.272 e. The number of benzene rings is 1. The van der Waals surface area contributed by atoms with Crippen LogP contribution in [0, 0.1) is 58.9 Å². The molecule has 11 nitrogen and oxygen atoms in total. The normalized spacial score (nSPS) is 19.6. The highest BCUT2D eigenvalue weighted by molar-refractivity contribution is 5.86. The van der Waals surface area contributed by atoms with E-state index in [4.69, 9.17) is 0 Å². The van der Waals surface area contributed by atoms with Gasteiger partial charge in [-0.2, -0.15) is 10.5 Å². The van der Waals surface area contributed by atoms with Crippen molar-refractivity contribution in [3.05, 3.63) is 88.8 Å². The Morgan fingerprint density at radius 1 is 1.00 bits per heavy atom. The van der Waals surface area contributed by atoms with Gasteiger partial charge in [0.05, 0.1) is 26.8 Å². The van der Waals surface area contributed by atoms with Crippen molar-refractivity contribution in [3.8, 4) is 12.1 Å². The van der Waals surface area contributed by atoms with Gasteiger partial charge in [0, 0.05) is 24.1 Å². The molecule has 2 aliphatic rings. The standard InChI is InChI=1S/C16H7N5O6/c17-6-8(7-18)15-12-3-9(19(22)23)1-2-11(12)16-13(15)4-10(20(24)25)5-14(16)21(26)27/h1-5,13,16H. The average molecular weight is 365 g/mol. The molecule has 0 saturated carbocycles. The lowest BCUT2D eigenvalue weighted by Crippen LogP contribution is -2.20. The number of nitro groups is 3. The minimum absolute atomic E-state index is 0.00972. The molecule has 2 aliphatic carbocycles. The van der Waals surface area contributed by atoms with Crippen LogP contribution in [-0.2, 0) is 0 Å². The van der Waals surface area contributed by atoms with E-state index in [-0.39, 0.29) is 16.8 Å². The second kappa shape index (κ2) is 6.16. The van der Waals surface area contributed by atoms with Crippen molar-refractivity contribution in [1.29, 1.82) is 10.5 Å². The molecule has 27 heavy (non-hydrogen) atoms. The molecule has 0 fully saturated rings. The molecule has 0 aromatic heterocycles. The number of hydrogen-bond donors (Lipinski definition) is 0. The van der Waals surface area contributed by atoms with Crippen LogP contribution in [0.3, 0.4) is 0 Å². The first kappa shape index (κ1) is 17.4. The number of allylic oxidation sites excluding steroid dienone is 5. The number of nitrogens with zero attached hydrogens (tertiary/aromatic N) is 5. The molecule has 0 saturated heterocycles. The Morgan fingerprint density at radius 3 is 2.19 bits per heavy atom. The van der Waals surface area contributed by atoms with Gasteiger partial charge in [0.2, 0.25) is 0 Å². The zero-order valence-electron chi connectivity index (χ0n) is 13.2. The molecule has 0 radical (unpaired) electrons. The van der Waals surface area contributed by atoms with Crippen LogP contribution in [0.1, 0.15) is 17.0 Å². The van der Waals surface area contributed by atoms with E-state index >= 15 is 0 Å². The van der Waals surface area contributed by atoms with Crippen molar-refractivity contribution in [1.82, 2.24) is 0 Å². The zero-order chi connectivity index (χ0) is 19.9. The third-order valence-electron chi connectivity index (χ3n) is 4.44. The van der Waals surface area contributed by atoms with E-state index in [1.165, 1.54) is 6.07 Å². The molecule has 3 rings (SSSR count). The number of hydrogen-bond acceptors (Lipinski definition) is 8. The minimum Gasteiger partial charge on any atom is -0.259 e. The van der Waals surface area contributed by atoms with Crippen molar-refractivity contribution in [2.24, 2.45) is 5.92 Å². The van der Waals surface area contributed by atoms with Crippen LogP contribution < -0.4 is 0 Å². The van der Waals surface area contributed by atoms with Gasteiger partial charge in [-0.1, -0.05) is 6.07 Å². The monoisotopic (exact) mass is 365 g/mol. The molecule has 0 aliphatic heterocycles. The third kappa shape index (κ3) is 2.60. The highest BCUT2D eigenvalue weighted by atomic mass is 16.6. The number of rotatable bonds is 3. The van der Waals surface area contributed by atoms with Crippen LogP contribution in [0.5, 0.6) is 0 Å². The van der Waals surface area contributed by atoms with Gasteiger partial charge in [0.1, 0.15) is 17.7 Å². The van der Waals surface area contributed by atoms with E-state index < -0.39 is 43.6 Å². The first-order valence-corrected chi connectivity index (χ1v) is 7.35. The predicted molar refractivity (Wildman–Crippen MR) is 87.6 cm³/mol. The van der Waals surface area contributed by atoms with E-state index in [0.717, 1.165) is 24.3 Å². The highest BCUT2D eigenvalue weighted by Crippen LogP contribution is 2.54. The van der Waals surface area contributed by atoms with Crippen LogP contribution in [0.2, 0.25) is 0 Å². The second-order valence-corrected chi connectivity index (χ2v) is 5.72. The maximum absolute atomic E-state index is 11.5. The molecule has 0 spiro atoms. The summed E-state index contributed by atoms with van der Waals surface area (Å²) in [6.07, 6.45) is 1.96. The zero-order valence-corrected chi connectivity index (χ0v) is 13.2. The molecular weight excluding hydrogens is 358 g/mol. The Bertz CT molecular complexity index is 1090. The quantitative estimate of drug-likeness (QED) is 0.445. The van der Waals surface area contributed by atoms with Crippen LogP contribution in [0.4, 0.5) is 5.69 Å². The van der Waals surface area contributed by atoms with E-state index in [0.29, 0.717) is 5.56 Å². The van der Waals surface area contributed by atoms with Crippen molar-refractivity contribution in [2.45, 2.75) is 5.92 Å². The topological polar surface area (TPSA) is 177 Å². The minimum atomic E-state index is -1.03. The Balaban J connectivity index is 2.39. The van der Waals surface area contributed by atoms with Crippen LogP contribution >= 0.6 is 0 Å². The van der Waals surface area contributed by atoms with Crippen molar-refractivity contribution in [2.75, 3.05) is 0 Å². The Hall–Kier alpha value is -4.38. The Labute approximate surface area is 150 Å². The van der Waals surface area contributed by atoms with Gasteiger partial charge in [-0.15, -0.1) is 0 Å². The lowest BCUT2D eigenvalue weighted by atomic mass is 9.82. The predicted octanol–water partition coefficient (Wildman–Crippen LogP) is 2.44. The molecule has 0 heterocycles. The molecular formula is C16H7N5O6. The SMILES string of the molecule is N#CC(C#N)=C1c2cc([N+](=O)[O-])ccc2C2C([N+](=O)[O-])=CC([N+](=O)[O-])=CC12. The number of fused-ring (bicyclic) bond motifs is 3. The lowest BCUT2D eigenvalue weighted by molar-refractivity contribution is -0.440. The molecule has 1 aromatic carbocycles. The van der Waals surface area contributed by atoms with Gasteiger partial charge in [-0.3, -0.25) is 30.3 Å². The van der Waals surface area contributed by atoms with E-state index in [9.17, 15) is 40.9 Å². The fourth-order valence-electron chi connectivity index (χ4n) is 3.42. The smallest absolute Gasteiger partial charge is 0.259 e. The van der Waals surface area contributed by atoms with Gasteiger partial charge < -0.3 is 0 Å². The summed E-state index contributed by atoms with van der Waals surface area (Å²) >= 11 is 0. The summed E-state index contributed by atoms with van der Waals surface area (Å²) in [5, 5.41) is 52.3. The van der Waals surface area contributed by atoms with E-state index in [2.05, 4.69) is 0 Å².